The van der Waals surface area contributed by atoms with Crippen molar-refractivity contribution in [3.63, 3.8) is 0 Å². The molecule has 1 atom stereocenters. The topological polar surface area (TPSA) is 61.3 Å². The number of aromatic nitrogens is 2. The number of unbranched alkanes of at least 4 members (excludes halogenated alkanes) is 3. The molecule has 29 heavy (non-hydrogen) atoms. The largest absolute Gasteiger partial charge is 0.427 e. The normalized spacial score (nSPS) is 12.6. The maximum Gasteiger partial charge on any atom is 0.308 e. The van der Waals surface area contributed by atoms with Crippen LogP contribution in [0.5, 0.6) is 5.75 Å². The Labute approximate surface area is 176 Å². The summed E-state index contributed by atoms with van der Waals surface area (Å²) in [4.78, 5) is 20.0. The molecule has 0 radical (unpaired) electrons. The smallest absolute Gasteiger partial charge is 0.308 e. The molecular formula is C23H34N2O3Si. The lowest BCUT2D eigenvalue weighted by atomic mass is 10.1. The lowest BCUT2D eigenvalue weighted by Crippen LogP contribution is -2.30. The lowest BCUT2D eigenvalue weighted by Gasteiger charge is -2.23. The van der Waals surface area contributed by atoms with Crippen molar-refractivity contribution >= 4 is 14.3 Å². The van der Waals surface area contributed by atoms with Crippen LogP contribution in [0, 0.1) is 0 Å². The summed E-state index contributed by atoms with van der Waals surface area (Å²) < 4.78 is 11.1. The fourth-order valence-electron chi connectivity index (χ4n) is 3.25. The van der Waals surface area contributed by atoms with Crippen molar-refractivity contribution in [2.24, 2.45) is 0 Å². The van der Waals surface area contributed by atoms with E-state index in [4.69, 9.17) is 9.16 Å². The molecule has 0 N–H and O–H groups in total. The van der Waals surface area contributed by atoms with E-state index in [-0.39, 0.29) is 5.97 Å². The van der Waals surface area contributed by atoms with Crippen molar-refractivity contribution in [1.82, 2.24) is 9.97 Å². The number of rotatable bonds is 11. The first-order valence-electron chi connectivity index (χ1n) is 10.5. The fourth-order valence-corrected chi connectivity index (χ4v) is 4.57. The number of nitrogens with zero attached hydrogens (tertiary/aromatic N) is 2. The van der Waals surface area contributed by atoms with Gasteiger partial charge in [0.05, 0.1) is 0 Å². The summed E-state index contributed by atoms with van der Waals surface area (Å²) in [6.45, 7) is 10.3. The number of benzene rings is 1. The van der Waals surface area contributed by atoms with Gasteiger partial charge in [-0.3, -0.25) is 4.79 Å². The standard InChI is InChI=1S/C23H34N2O3Si/c1-18(28-29(3,4)5)10-8-6-7-9-11-23-24-16-21(17-25-23)20-12-14-22(15-13-20)27-19(2)26/h12-18H,6-11H2,1-5H3. The maximum absolute atomic E-state index is 11.0. The van der Waals surface area contributed by atoms with Crippen LogP contribution in [0.4, 0.5) is 0 Å². The van der Waals surface area contributed by atoms with Gasteiger partial charge in [0.1, 0.15) is 11.6 Å². The van der Waals surface area contributed by atoms with Crippen LogP contribution < -0.4 is 4.74 Å². The Balaban J connectivity index is 1.69. The van der Waals surface area contributed by atoms with Gasteiger partial charge < -0.3 is 9.16 Å². The summed E-state index contributed by atoms with van der Waals surface area (Å²) >= 11 is 0. The van der Waals surface area contributed by atoms with Crippen LogP contribution in [-0.4, -0.2) is 30.4 Å². The minimum Gasteiger partial charge on any atom is -0.427 e. The minimum absolute atomic E-state index is 0.320. The van der Waals surface area contributed by atoms with Crippen LogP contribution >= 0.6 is 0 Å². The second-order valence-electron chi connectivity index (χ2n) is 8.50. The molecule has 0 saturated heterocycles. The predicted molar refractivity (Wildman–Crippen MR) is 119 cm³/mol. The zero-order chi connectivity index (χ0) is 21.3. The van der Waals surface area contributed by atoms with Crippen LogP contribution in [0.2, 0.25) is 19.6 Å². The first-order chi connectivity index (χ1) is 13.7. The third-order valence-corrected chi connectivity index (χ3v) is 5.58. The highest BCUT2D eigenvalue weighted by Gasteiger charge is 2.17. The molecule has 1 aromatic carbocycles. The summed E-state index contributed by atoms with van der Waals surface area (Å²) in [6, 6.07) is 7.37. The molecular weight excluding hydrogens is 380 g/mol. The predicted octanol–water partition coefficient (Wildman–Crippen LogP) is 5.80. The Kier molecular flexibility index (Phi) is 8.98. The summed E-state index contributed by atoms with van der Waals surface area (Å²) in [6.07, 6.45) is 10.9. The Morgan fingerprint density at radius 1 is 0.966 bits per heavy atom. The molecule has 0 spiro atoms. The summed E-state index contributed by atoms with van der Waals surface area (Å²) in [5, 5.41) is 0. The molecule has 6 heteroatoms. The summed E-state index contributed by atoms with van der Waals surface area (Å²) in [5.41, 5.74) is 1.96. The van der Waals surface area contributed by atoms with E-state index in [1.54, 1.807) is 12.1 Å². The fraction of sp³-hybridized carbons (Fsp3) is 0.522. The Morgan fingerprint density at radius 3 is 2.17 bits per heavy atom. The molecule has 1 heterocycles. The van der Waals surface area contributed by atoms with E-state index in [0.29, 0.717) is 11.9 Å². The third-order valence-electron chi connectivity index (χ3n) is 4.47. The number of hydrogen-bond acceptors (Lipinski definition) is 5. The molecule has 158 valence electrons. The highest BCUT2D eigenvalue weighted by atomic mass is 28.4. The molecule has 0 aliphatic heterocycles. The second kappa shape index (κ2) is 11.2. The van der Waals surface area contributed by atoms with E-state index in [1.807, 2.05) is 24.5 Å². The van der Waals surface area contributed by atoms with Gasteiger partial charge in [0.2, 0.25) is 0 Å². The average molecular weight is 415 g/mol. The first kappa shape index (κ1) is 23.2. The molecule has 0 fully saturated rings. The van der Waals surface area contributed by atoms with Gasteiger partial charge in [-0.05, 0) is 57.1 Å². The number of carbonyl (C=O) groups is 1. The van der Waals surface area contributed by atoms with Crippen LogP contribution in [0.1, 0.15) is 51.8 Å². The quantitative estimate of drug-likeness (QED) is 0.201. The summed E-state index contributed by atoms with van der Waals surface area (Å²) in [5.74, 6) is 1.11. The second-order valence-corrected chi connectivity index (χ2v) is 13.0. The van der Waals surface area contributed by atoms with Crippen LogP contribution in [0.15, 0.2) is 36.7 Å². The van der Waals surface area contributed by atoms with Crippen molar-refractivity contribution in [2.75, 3.05) is 0 Å². The maximum atomic E-state index is 11.0. The van der Waals surface area contributed by atoms with Crippen LogP contribution in [0.3, 0.4) is 0 Å². The minimum atomic E-state index is -1.41. The number of aryl methyl sites for hydroxylation is 1. The first-order valence-corrected chi connectivity index (χ1v) is 13.9. The van der Waals surface area contributed by atoms with Gasteiger partial charge >= 0.3 is 5.97 Å². The van der Waals surface area contributed by atoms with Gasteiger partial charge in [-0.15, -0.1) is 0 Å². The van der Waals surface area contributed by atoms with Crippen molar-refractivity contribution in [3.8, 4) is 16.9 Å². The van der Waals surface area contributed by atoms with E-state index in [1.165, 1.54) is 26.2 Å². The molecule has 0 aliphatic carbocycles. The van der Waals surface area contributed by atoms with Gasteiger partial charge in [0.25, 0.3) is 0 Å². The zero-order valence-electron chi connectivity index (χ0n) is 18.4. The van der Waals surface area contributed by atoms with Gasteiger partial charge in [0.15, 0.2) is 8.32 Å². The van der Waals surface area contributed by atoms with Gasteiger partial charge in [-0.25, -0.2) is 9.97 Å². The van der Waals surface area contributed by atoms with Crippen LogP contribution in [0.25, 0.3) is 11.1 Å². The summed E-state index contributed by atoms with van der Waals surface area (Å²) in [7, 11) is -1.41. The number of esters is 1. The van der Waals surface area contributed by atoms with Crippen molar-refractivity contribution < 1.29 is 14.0 Å². The van der Waals surface area contributed by atoms with E-state index in [9.17, 15) is 4.79 Å². The molecule has 1 unspecified atom stereocenters. The van der Waals surface area contributed by atoms with E-state index >= 15 is 0 Å². The third kappa shape index (κ3) is 9.32. The van der Waals surface area contributed by atoms with Gasteiger partial charge in [-0.2, -0.15) is 0 Å². The molecule has 0 amide bonds. The molecule has 2 rings (SSSR count). The molecule has 0 aliphatic rings. The number of ether oxygens (including phenoxy) is 1. The highest BCUT2D eigenvalue weighted by Crippen LogP contribution is 2.21. The molecule has 0 saturated carbocycles. The Bertz CT molecular complexity index is 755. The molecule has 1 aromatic heterocycles. The van der Waals surface area contributed by atoms with Crippen LogP contribution in [-0.2, 0) is 15.6 Å². The Hall–Kier alpha value is -2.05. The SMILES string of the molecule is CC(=O)Oc1ccc(-c2cnc(CCCCCCC(C)O[Si](C)(C)C)nc2)cc1. The van der Waals surface area contributed by atoms with Crippen molar-refractivity contribution in [1.29, 1.82) is 0 Å². The van der Waals surface area contributed by atoms with E-state index in [0.717, 1.165) is 36.2 Å². The van der Waals surface area contributed by atoms with Gasteiger partial charge in [-0.1, -0.05) is 31.4 Å². The zero-order valence-corrected chi connectivity index (χ0v) is 19.4. The number of hydrogen-bond donors (Lipinski definition) is 0. The lowest BCUT2D eigenvalue weighted by molar-refractivity contribution is -0.131. The number of carbonyl (C=O) groups excluding carboxylic acids is 1. The monoisotopic (exact) mass is 414 g/mol. The highest BCUT2D eigenvalue weighted by molar-refractivity contribution is 6.69. The molecule has 5 nitrogen and oxygen atoms in total. The average Bonchev–Trinajstić information content (AvgIpc) is 2.64. The van der Waals surface area contributed by atoms with Crippen molar-refractivity contribution in [3.05, 3.63) is 42.5 Å². The van der Waals surface area contributed by atoms with E-state index in [2.05, 4.69) is 36.5 Å². The van der Waals surface area contributed by atoms with Gasteiger partial charge in [0, 0.05) is 37.4 Å². The van der Waals surface area contributed by atoms with Crippen molar-refractivity contribution in [2.45, 2.75) is 78.1 Å². The Morgan fingerprint density at radius 2 is 1.59 bits per heavy atom. The molecule has 2 aromatic rings. The van der Waals surface area contributed by atoms with E-state index < -0.39 is 8.32 Å². The molecule has 0 bridgehead atoms.